The highest BCUT2D eigenvalue weighted by atomic mass is 16.2. The lowest BCUT2D eigenvalue weighted by atomic mass is 10.2. The van der Waals surface area contributed by atoms with Crippen molar-refractivity contribution in [2.45, 2.75) is 45.3 Å². The van der Waals surface area contributed by atoms with Gasteiger partial charge >= 0.3 is 11.7 Å². The molecule has 0 saturated carbocycles. The first-order chi connectivity index (χ1) is 14.2. The molecule has 2 amide bonds. The number of carbonyl (C=O) groups is 1. The first-order valence-electron chi connectivity index (χ1n) is 9.98. The molecule has 0 unspecified atom stereocenters. The largest absolute Gasteiger partial charge is 0.345 e. The van der Waals surface area contributed by atoms with Crippen molar-refractivity contribution in [3.05, 3.63) is 64.5 Å². The minimum absolute atomic E-state index is 0.0480. The number of rotatable bonds is 7. The van der Waals surface area contributed by atoms with Crippen molar-refractivity contribution in [2.75, 3.05) is 11.9 Å². The fraction of sp³-hybridized carbons (Fsp3) is 0.400. The van der Waals surface area contributed by atoms with E-state index in [2.05, 4.69) is 20.8 Å². The van der Waals surface area contributed by atoms with Gasteiger partial charge in [0.15, 0.2) is 5.82 Å². The van der Waals surface area contributed by atoms with Crippen molar-refractivity contribution >= 4 is 11.8 Å². The zero-order valence-electron chi connectivity index (χ0n) is 16.3. The van der Waals surface area contributed by atoms with E-state index in [1.807, 2.05) is 36.5 Å². The standard InChI is InChI=1S/C20H25N7O2/c28-19(22-17-10-14-25(23-17)15-16-7-2-1-3-8-16)21-11-6-13-27-20(29)26-12-5-4-9-18(26)24-27/h1-3,7-8,10,14H,4-6,9,11-13,15H2,(H2,21,22,23,28). The molecule has 3 heterocycles. The van der Waals surface area contributed by atoms with Crippen molar-refractivity contribution in [1.82, 2.24) is 29.4 Å². The van der Waals surface area contributed by atoms with Crippen molar-refractivity contribution in [2.24, 2.45) is 0 Å². The molecule has 3 aromatic rings. The molecular formula is C20H25N7O2. The summed E-state index contributed by atoms with van der Waals surface area (Å²) < 4.78 is 5.04. The third kappa shape index (κ3) is 4.74. The summed E-state index contributed by atoms with van der Waals surface area (Å²) >= 11 is 0. The Kier molecular flexibility index (Phi) is 5.73. The van der Waals surface area contributed by atoms with Gasteiger partial charge in [-0.1, -0.05) is 30.3 Å². The van der Waals surface area contributed by atoms with Gasteiger partial charge in [0.2, 0.25) is 0 Å². The van der Waals surface area contributed by atoms with E-state index in [9.17, 15) is 9.59 Å². The average molecular weight is 395 g/mol. The Bertz CT molecular complexity index is 1020. The number of aryl methyl sites for hydroxylation is 2. The molecule has 9 heteroatoms. The molecule has 152 valence electrons. The van der Waals surface area contributed by atoms with Crippen LogP contribution in [0.15, 0.2) is 47.4 Å². The predicted octanol–water partition coefficient (Wildman–Crippen LogP) is 1.84. The number of urea groups is 1. The molecule has 0 aliphatic carbocycles. The monoisotopic (exact) mass is 395 g/mol. The van der Waals surface area contributed by atoms with Crippen LogP contribution in [-0.4, -0.2) is 36.7 Å². The van der Waals surface area contributed by atoms with Gasteiger partial charge < -0.3 is 5.32 Å². The Balaban J connectivity index is 1.21. The van der Waals surface area contributed by atoms with E-state index in [4.69, 9.17) is 0 Å². The Morgan fingerprint density at radius 3 is 2.79 bits per heavy atom. The second kappa shape index (κ2) is 8.76. The van der Waals surface area contributed by atoms with Crippen LogP contribution in [0.3, 0.4) is 0 Å². The highest BCUT2D eigenvalue weighted by Gasteiger charge is 2.16. The van der Waals surface area contributed by atoms with Gasteiger partial charge in [0, 0.05) is 38.3 Å². The zero-order valence-corrected chi connectivity index (χ0v) is 16.3. The van der Waals surface area contributed by atoms with Crippen LogP contribution in [0.25, 0.3) is 0 Å². The van der Waals surface area contributed by atoms with E-state index in [1.165, 1.54) is 4.68 Å². The van der Waals surface area contributed by atoms with Crippen molar-refractivity contribution in [3.8, 4) is 0 Å². The van der Waals surface area contributed by atoms with Gasteiger partial charge in [-0.2, -0.15) is 10.2 Å². The summed E-state index contributed by atoms with van der Waals surface area (Å²) in [6, 6.07) is 11.5. The molecule has 1 aromatic carbocycles. The van der Waals surface area contributed by atoms with Crippen LogP contribution in [0.5, 0.6) is 0 Å². The fourth-order valence-electron chi connectivity index (χ4n) is 3.47. The maximum absolute atomic E-state index is 12.3. The van der Waals surface area contributed by atoms with Crippen LogP contribution in [0.4, 0.5) is 10.6 Å². The number of hydrogen-bond acceptors (Lipinski definition) is 4. The number of anilines is 1. The van der Waals surface area contributed by atoms with E-state index in [-0.39, 0.29) is 11.7 Å². The van der Waals surface area contributed by atoms with Crippen molar-refractivity contribution in [1.29, 1.82) is 0 Å². The topological polar surface area (TPSA) is 98.8 Å². The van der Waals surface area contributed by atoms with Gasteiger partial charge in [-0.15, -0.1) is 0 Å². The van der Waals surface area contributed by atoms with E-state index in [0.717, 1.165) is 37.2 Å². The number of amides is 2. The van der Waals surface area contributed by atoms with E-state index < -0.39 is 0 Å². The normalized spacial score (nSPS) is 13.1. The molecule has 2 aromatic heterocycles. The first kappa shape index (κ1) is 19.0. The van der Waals surface area contributed by atoms with Crippen LogP contribution in [0.2, 0.25) is 0 Å². The minimum atomic E-state index is -0.313. The van der Waals surface area contributed by atoms with Gasteiger partial charge in [-0.3, -0.25) is 14.6 Å². The molecular weight excluding hydrogens is 370 g/mol. The molecule has 0 spiro atoms. The molecule has 1 aliphatic heterocycles. The highest BCUT2D eigenvalue weighted by molar-refractivity contribution is 5.88. The molecule has 2 N–H and O–H groups in total. The Hall–Kier alpha value is -3.36. The second-order valence-electron chi connectivity index (χ2n) is 7.15. The number of aromatic nitrogens is 5. The average Bonchev–Trinajstić information content (AvgIpc) is 3.30. The van der Waals surface area contributed by atoms with Gasteiger partial charge in [-0.25, -0.2) is 14.3 Å². The summed E-state index contributed by atoms with van der Waals surface area (Å²) in [5, 5.41) is 14.3. The molecule has 0 atom stereocenters. The number of fused-ring (bicyclic) bond motifs is 1. The third-order valence-electron chi connectivity index (χ3n) is 4.93. The second-order valence-corrected chi connectivity index (χ2v) is 7.15. The Morgan fingerprint density at radius 1 is 1.10 bits per heavy atom. The van der Waals surface area contributed by atoms with E-state index in [1.54, 1.807) is 15.3 Å². The predicted molar refractivity (Wildman–Crippen MR) is 109 cm³/mol. The Morgan fingerprint density at radius 2 is 1.97 bits per heavy atom. The van der Waals surface area contributed by atoms with Crippen LogP contribution in [0, 0.1) is 0 Å². The van der Waals surface area contributed by atoms with Crippen molar-refractivity contribution in [3.63, 3.8) is 0 Å². The summed E-state index contributed by atoms with van der Waals surface area (Å²) in [6.45, 7) is 2.34. The number of benzene rings is 1. The molecule has 0 radical (unpaired) electrons. The van der Waals surface area contributed by atoms with Gasteiger partial charge in [0.25, 0.3) is 0 Å². The molecule has 29 heavy (non-hydrogen) atoms. The lowest BCUT2D eigenvalue weighted by molar-refractivity contribution is 0.251. The third-order valence-corrected chi connectivity index (χ3v) is 4.93. The summed E-state index contributed by atoms with van der Waals surface area (Å²) in [6.07, 6.45) is 5.43. The summed E-state index contributed by atoms with van der Waals surface area (Å²) in [5.41, 5.74) is 1.09. The molecule has 1 aliphatic rings. The van der Waals surface area contributed by atoms with Crippen LogP contribution >= 0.6 is 0 Å². The smallest absolute Gasteiger partial charge is 0.338 e. The molecule has 0 bridgehead atoms. The lowest BCUT2D eigenvalue weighted by Gasteiger charge is -2.09. The highest BCUT2D eigenvalue weighted by Crippen LogP contribution is 2.09. The maximum Gasteiger partial charge on any atom is 0.345 e. The van der Waals surface area contributed by atoms with Gasteiger partial charge in [0.05, 0.1) is 6.54 Å². The molecule has 0 saturated heterocycles. The van der Waals surface area contributed by atoms with Crippen LogP contribution in [0.1, 0.15) is 30.7 Å². The zero-order chi connectivity index (χ0) is 20.1. The summed E-state index contributed by atoms with van der Waals surface area (Å²) in [7, 11) is 0. The molecule has 4 rings (SSSR count). The van der Waals surface area contributed by atoms with Gasteiger partial charge in [0.1, 0.15) is 5.82 Å². The summed E-state index contributed by atoms with van der Waals surface area (Å²) in [5.74, 6) is 1.37. The van der Waals surface area contributed by atoms with E-state index in [0.29, 0.717) is 31.9 Å². The van der Waals surface area contributed by atoms with Crippen LogP contribution < -0.4 is 16.3 Å². The first-order valence-corrected chi connectivity index (χ1v) is 9.98. The Labute approximate surface area is 168 Å². The number of nitrogens with zero attached hydrogens (tertiary/aromatic N) is 5. The van der Waals surface area contributed by atoms with E-state index >= 15 is 0 Å². The fourth-order valence-corrected chi connectivity index (χ4v) is 3.47. The SMILES string of the molecule is O=C(NCCCn1nc2n(c1=O)CCCC2)Nc1ccn(Cc2ccccc2)n1. The molecule has 0 fully saturated rings. The number of hydrogen-bond donors (Lipinski definition) is 2. The van der Waals surface area contributed by atoms with Crippen molar-refractivity contribution < 1.29 is 4.79 Å². The summed E-state index contributed by atoms with van der Waals surface area (Å²) in [4.78, 5) is 24.3. The van der Waals surface area contributed by atoms with Gasteiger partial charge in [-0.05, 0) is 24.8 Å². The lowest BCUT2D eigenvalue weighted by Crippen LogP contribution is -2.31. The minimum Gasteiger partial charge on any atom is -0.338 e. The van der Waals surface area contributed by atoms with Crippen LogP contribution in [-0.2, 0) is 26.1 Å². The quantitative estimate of drug-likeness (QED) is 0.596. The molecule has 9 nitrogen and oxygen atoms in total. The number of carbonyl (C=O) groups excluding carboxylic acids is 1. The number of nitrogens with one attached hydrogen (secondary N) is 2. The maximum atomic E-state index is 12.3.